The molecule has 2 aliphatic heterocycles. The fraction of sp³-hybridized carbons (Fsp3) is 0.981. The molecule has 14 heteroatoms. The number of hydrogen-bond donors (Lipinski definition) is 9. The molecule has 2 aliphatic rings. The van der Waals surface area contributed by atoms with Crippen molar-refractivity contribution >= 4 is 5.91 Å². The number of hydrogen-bond acceptors (Lipinski definition) is 13. The second-order valence-electron chi connectivity index (χ2n) is 20.1. The number of rotatable bonds is 44. The molecule has 0 aromatic heterocycles. The molecule has 0 saturated carbocycles. The van der Waals surface area contributed by atoms with Gasteiger partial charge in [-0.05, 0) is 12.8 Å². The van der Waals surface area contributed by atoms with Gasteiger partial charge in [0.1, 0.15) is 48.8 Å². The molecule has 2 saturated heterocycles. The highest BCUT2D eigenvalue weighted by Gasteiger charge is 2.51. The van der Waals surface area contributed by atoms with Crippen LogP contribution in [0, 0.1) is 0 Å². The Hall–Kier alpha value is -1.01. The lowest BCUT2D eigenvalue weighted by Crippen LogP contribution is -2.65. The summed E-state index contributed by atoms with van der Waals surface area (Å²) in [6, 6.07) is -0.820. The summed E-state index contributed by atoms with van der Waals surface area (Å²) in [5.41, 5.74) is 0. The van der Waals surface area contributed by atoms with Crippen LogP contribution in [-0.2, 0) is 23.7 Å². The fourth-order valence-electron chi connectivity index (χ4n) is 9.53. The SMILES string of the molecule is CCCCCCCCCCCCCCCCCCCCCCCCCCC(=O)NC(COC1OC(CO)C(OC2OC(CO)C(O)C(O)C2O)C(O)C1O)C(O)CCCCCCCCCCC. The van der Waals surface area contributed by atoms with Crippen LogP contribution in [0.3, 0.4) is 0 Å². The number of carbonyl (C=O) groups excluding carboxylic acids is 1. The predicted octanol–water partition coefficient (Wildman–Crippen LogP) is 8.17. The molecule has 0 bridgehead atoms. The fourth-order valence-corrected chi connectivity index (χ4v) is 9.53. The second-order valence-corrected chi connectivity index (χ2v) is 20.1. The minimum Gasteiger partial charge on any atom is -0.394 e. The molecule has 12 unspecified atom stereocenters. The zero-order valence-corrected chi connectivity index (χ0v) is 42.4. The van der Waals surface area contributed by atoms with Crippen LogP contribution in [0.2, 0.25) is 0 Å². The third kappa shape index (κ3) is 27.4. The van der Waals surface area contributed by atoms with Gasteiger partial charge in [-0.2, -0.15) is 0 Å². The zero-order valence-electron chi connectivity index (χ0n) is 42.4. The minimum absolute atomic E-state index is 0.204. The van der Waals surface area contributed by atoms with Crippen LogP contribution < -0.4 is 5.32 Å². The first-order valence-corrected chi connectivity index (χ1v) is 27.8. The summed E-state index contributed by atoms with van der Waals surface area (Å²) in [6.07, 6.45) is 25.6. The Kier molecular flexibility index (Phi) is 37.6. The van der Waals surface area contributed by atoms with Crippen molar-refractivity contribution in [2.24, 2.45) is 0 Å². The van der Waals surface area contributed by atoms with Crippen molar-refractivity contribution in [1.82, 2.24) is 5.32 Å². The van der Waals surface area contributed by atoms with E-state index in [2.05, 4.69) is 19.2 Å². The van der Waals surface area contributed by atoms with E-state index in [0.717, 1.165) is 51.4 Å². The van der Waals surface area contributed by atoms with Crippen molar-refractivity contribution in [3.8, 4) is 0 Å². The highest BCUT2D eigenvalue weighted by molar-refractivity contribution is 5.76. The van der Waals surface area contributed by atoms with E-state index < -0.39 is 86.8 Å². The van der Waals surface area contributed by atoms with Gasteiger partial charge in [0.05, 0.1) is 32.0 Å². The maximum Gasteiger partial charge on any atom is 0.220 e. The van der Waals surface area contributed by atoms with Gasteiger partial charge in [-0.15, -0.1) is 0 Å². The number of ether oxygens (including phenoxy) is 4. The lowest BCUT2D eigenvalue weighted by Gasteiger charge is -2.46. The van der Waals surface area contributed by atoms with Crippen molar-refractivity contribution in [1.29, 1.82) is 0 Å². The van der Waals surface area contributed by atoms with E-state index in [1.54, 1.807) is 0 Å². The maximum atomic E-state index is 13.2. The van der Waals surface area contributed by atoms with Gasteiger partial charge in [-0.3, -0.25) is 4.79 Å². The molecule has 398 valence electrons. The van der Waals surface area contributed by atoms with Crippen LogP contribution in [0.4, 0.5) is 0 Å². The molecule has 0 aromatic rings. The standard InChI is InChI=1S/C53H103NO13/c1-3-5-7-9-11-13-14-15-16-17-18-19-20-21-22-23-24-25-26-27-29-31-33-35-37-45(58)54-41(42(57)36-34-32-30-28-12-10-8-6-4-2)40-64-52-50(63)48(61)51(44(39-56)66-52)67-53-49(62)47(60)46(59)43(38-55)65-53/h41-44,46-53,55-57,59-63H,3-40H2,1-2H3,(H,54,58). The molecule has 0 aliphatic carbocycles. The van der Waals surface area contributed by atoms with Gasteiger partial charge in [0.15, 0.2) is 12.6 Å². The third-order valence-corrected chi connectivity index (χ3v) is 14.1. The van der Waals surface area contributed by atoms with Gasteiger partial charge in [-0.1, -0.05) is 219 Å². The molecular formula is C53H103NO13. The first-order chi connectivity index (χ1) is 32.6. The van der Waals surface area contributed by atoms with Gasteiger partial charge in [0, 0.05) is 6.42 Å². The average molecular weight is 962 g/mol. The van der Waals surface area contributed by atoms with Crippen molar-refractivity contribution in [3.05, 3.63) is 0 Å². The number of amides is 1. The Morgan fingerprint density at radius 1 is 0.478 bits per heavy atom. The Morgan fingerprint density at radius 3 is 1.27 bits per heavy atom. The Morgan fingerprint density at radius 2 is 0.851 bits per heavy atom. The van der Waals surface area contributed by atoms with E-state index >= 15 is 0 Å². The van der Waals surface area contributed by atoms with E-state index in [1.807, 2.05) is 0 Å². The van der Waals surface area contributed by atoms with Crippen LogP contribution in [0.15, 0.2) is 0 Å². The monoisotopic (exact) mass is 962 g/mol. The number of aliphatic hydroxyl groups excluding tert-OH is 8. The Labute approximate surface area is 406 Å². The summed E-state index contributed by atoms with van der Waals surface area (Å²) in [5.74, 6) is -0.204. The predicted molar refractivity (Wildman–Crippen MR) is 263 cm³/mol. The van der Waals surface area contributed by atoms with Crippen molar-refractivity contribution in [2.45, 2.75) is 312 Å². The molecule has 0 spiro atoms. The van der Waals surface area contributed by atoms with Crippen LogP contribution in [0.1, 0.15) is 239 Å². The zero-order chi connectivity index (χ0) is 48.9. The molecular weight excluding hydrogens is 859 g/mol. The molecule has 0 radical (unpaired) electrons. The smallest absolute Gasteiger partial charge is 0.220 e. The van der Waals surface area contributed by atoms with E-state index in [9.17, 15) is 45.6 Å². The van der Waals surface area contributed by atoms with Crippen molar-refractivity contribution < 1.29 is 64.6 Å². The lowest BCUT2D eigenvalue weighted by atomic mass is 9.97. The van der Waals surface area contributed by atoms with E-state index in [-0.39, 0.29) is 12.5 Å². The topological polar surface area (TPSA) is 228 Å². The number of nitrogens with one attached hydrogen (secondary N) is 1. The van der Waals surface area contributed by atoms with Gasteiger partial charge in [0.2, 0.25) is 5.91 Å². The lowest BCUT2D eigenvalue weighted by molar-refractivity contribution is -0.359. The van der Waals surface area contributed by atoms with E-state index in [0.29, 0.717) is 12.8 Å². The van der Waals surface area contributed by atoms with Gasteiger partial charge in [0.25, 0.3) is 0 Å². The van der Waals surface area contributed by atoms with Crippen LogP contribution >= 0.6 is 0 Å². The Bertz CT molecular complexity index is 1140. The van der Waals surface area contributed by atoms with Crippen molar-refractivity contribution in [3.63, 3.8) is 0 Å². The van der Waals surface area contributed by atoms with Crippen LogP contribution in [0.5, 0.6) is 0 Å². The molecule has 2 heterocycles. The van der Waals surface area contributed by atoms with Crippen molar-refractivity contribution in [2.75, 3.05) is 19.8 Å². The van der Waals surface area contributed by atoms with E-state index in [4.69, 9.17) is 18.9 Å². The third-order valence-electron chi connectivity index (χ3n) is 14.1. The summed E-state index contributed by atoms with van der Waals surface area (Å²) < 4.78 is 22.7. The van der Waals surface area contributed by atoms with Gasteiger partial charge >= 0.3 is 0 Å². The molecule has 14 nitrogen and oxygen atoms in total. The Balaban J connectivity index is 1.69. The van der Waals surface area contributed by atoms with E-state index in [1.165, 1.54) is 161 Å². The average Bonchev–Trinajstić information content (AvgIpc) is 3.32. The second kappa shape index (κ2) is 40.6. The van der Waals surface area contributed by atoms with Crippen LogP contribution in [0.25, 0.3) is 0 Å². The van der Waals surface area contributed by atoms with Gasteiger partial charge < -0.3 is 65.1 Å². The largest absolute Gasteiger partial charge is 0.394 e. The summed E-state index contributed by atoms with van der Waals surface area (Å²) in [7, 11) is 0. The minimum atomic E-state index is -1.78. The number of aliphatic hydroxyl groups is 8. The maximum absolute atomic E-state index is 13.2. The molecule has 67 heavy (non-hydrogen) atoms. The quantitative estimate of drug-likeness (QED) is 0.0263. The number of unbranched alkanes of at least 4 members (excludes halogenated alkanes) is 31. The van der Waals surface area contributed by atoms with Crippen LogP contribution in [-0.4, -0.2) is 140 Å². The molecule has 12 atom stereocenters. The molecule has 9 N–H and O–H groups in total. The summed E-state index contributed by atoms with van der Waals surface area (Å²) >= 11 is 0. The highest BCUT2D eigenvalue weighted by Crippen LogP contribution is 2.30. The molecule has 0 aromatic carbocycles. The van der Waals surface area contributed by atoms with Gasteiger partial charge in [-0.25, -0.2) is 0 Å². The highest BCUT2D eigenvalue weighted by atomic mass is 16.7. The normalized spacial score (nSPS) is 26.5. The number of carbonyl (C=O) groups is 1. The summed E-state index contributed by atoms with van der Waals surface area (Å²) in [4.78, 5) is 13.2. The first kappa shape index (κ1) is 62.1. The summed E-state index contributed by atoms with van der Waals surface area (Å²) in [6.45, 7) is 2.85. The molecule has 2 rings (SSSR count). The summed E-state index contributed by atoms with van der Waals surface area (Å²) in [5, 5.41) is 86.8. The first-order valence-electron chi connectivity index (χ1n) is 27.8. The molecule has 1 amide bonds. The molecule has 2 fully saturated rings.